The summed E-state index contributed by atoms with van der Waals surface area (Å²) in [6, 6.07) is 7.98. The van der Waals surface area contributed by atoms with Crippen LogP contribution in [0.3, 0.4) is 0 Å². The van der Waals surface area contributed by atoms with E-state index < -0.39 is 0 Å². The largest absolute Gasteiger partial charge is 0.338 e. The van der Waals surface area contributed by atoms with Crippen LogP contribution < -0.4 is 10.6 Å². The Hall–Kier alpha value is -1.77. The molecule has 0 aliphatic rings. The van der Waals surface area contributed by atoms with Crippen molar-refractivity contribution in [3.05, 3.63) is 42.0 Å². The number of nitrogens with one attached hydrogen (secondary N) is 2. The van der Waals surface area contributed by atoms with Gasteiger partial charge in [0, 0.05) is 6.54 Å². The third kappa shape index (κ3) is 7.54. The van der Waals surface area contributed by atoms with Gasteiger partial charge in [-0.25, -0.2) is 4.79 Å². The molecular weight excluding hydrogens is 260 g/mol. The van der Waals surface area contributed by atoms with Gasteiger partial charge in [0.1, 0.15) is 0 Å². The first-order valence-electron chi connectivity index (χ1n) is 7.84. The molecule has 0 bridgehead atoms. The van der Waals surface area contributed by atoms with Gasteiger partial charge in [0.05, 0.1) is 6.04 Å². The zero-order chi connectivity index (χ0) is 16.3. The molecule has 0 saturated heterocycles. The van der Waals surface area contributed by atoms with Crippen LogP contribution in [0, 0.1) is 0 Å². The molecule has 21 heavy (non-hydrogen) atoms. The van der Waals surface area contributed by atoms with Crippen LogP contribution in [-0.4, -0.2) is 12.6 Å². The van der Waals surface area contributed by atoms with Crippen LogP contribution in [0.15, 0.2) is 30.8 Å². The van der Waals surface area contributed by atoms with Gasteiger partial charge in [0.25, 0.3) is 0 Å². The van der Waals surface area contributed by atoms with Gasteiger partial charge in [0.2, 0.25) is 0 Å². The quantitative estimate of drug-likeness (QED) is 0.718. The van der Waals surface area contributed by atoms with Crippen LogP contribution in [0.2, 0.25) is 0 Å². The summed E-state index contributed by atoms with van der Waals surface area (Å²) in [4.78, 5) is 11.7. The van der Waals surface area contributed by atoms with Crippen LogP contribution in [0.4, 0.5) is 4.79 Å². The fourth-order valence-electron chi connectivity index (χ4n) is 1.78. The van der Waals surface area contributed by atoms with Crippen molar-refractivity contribution in [1.29, 1.82) is 0 Å². The molecule has 0 heterocycles. The van der Waals surface area contributed by atoms with Crippen molar-refractivity contribution in [1.82, 2.24) is 10.6 Å². The highest BCUT2D eigenvalue weighted by Crippen LogP contribution is 2.18. The second kappa shape index (κ2) is 11.0. The molecule has 0 saturated carbocycles. The average molecular weight is 290 g/mol. The lowest BCUT2D eigenvalue weighted by molar-refractivity contribution is 0.238. The maximum Gasteiger partial charge on any atom is 0.315 e. The van der Waals surface area contributed by atoms with Gasteiger partial charge in [-0.3, -0.25) is 0 Å². The summed E-state index contributed by atoms with van der Waals surface area (Å²) in [5.41, 5.74) is 3.23. The minimum Gasteiger partial charge on any atom is -0.338 e. The maximum absolute atomic E-state index is 11.7. The summed E-state index contributed by atoms with van der Waals surface area (Å²) in [6.45, 7) is 14.7. The first-order valence-corrected chi connectivity index (χ1v) is 7.84. The van der Waals surface area contributed by atoms with Crippen molar-refractivity contribution in [3.63, 3.8) is 0 Å². The van der Waals surface area contributed by atoms with Crippen LogP contribution in [0.1, 0.15) is 64.6 Å². The molecule has 1 aromatic carbocycles. The van der Waals surface area contributed by atoms with Gasteiger partial charge in [-0.05, 0) is 37.5 Å². The topological polar surface area (TPSA) is 41.1 Å². The van der Waals surface area contributed by atoms with E-state index in [1.54, 1.807) is 0 Å². The lowest BCUT2D eigenvalue weighted by Crippen LogP contribution is -2.37. The molecule has 0 aromatic heterocycles. The number of carbonyl (C=O) groups is 1. The third-order valence-corrected chi connectivity index (χ3v) is 3.04. The molecule has 1 aromatic rings. The first-order chi connectivity index (χ1) is 10.0. The summed E-state index contributed by atoms with van der Waals surface area (Å²) in [6.07, 6.45) is 2.09. The monoisotopic (exact) mass is 290 g/mol. The maximum atomic E-state index is 11.7. The van der Waals surface area contributed by atoms with E-state index in [9.17, 15) is 4.79 Å². The minimum atomic E-state index is -0.110. The Kier molecular flexibility index (Phi) is 10.0. The van der Waals surface area contributed by atoms with E-state index in [1.807, 2.05) is 45.9 Å². The summed E-state index contributed by atoms with van der Waals surface area (Å²) >= 11 is 0. The zero-order valence-corrected chi connectivity index (χ0v) is 14.1. The van der Waals surface area contributed by atoms with Gasteiger partial charge < -0.3 is 10.6 Å². The minimum absolute atomic E-state index is 0.0130. The van der Waals surface area contributed by atoms with E-state index >= 15 is 0 Å². The van der Waals surface area contributed by atoms with Gasteiger partial charge >= 0.3 is 6.03 Å². The Morgan fingerprint density at radius 3 is 2.57 bits per heavy atom. The Morgan fingerprint density at radius 2 is 2.00 bits per heavy atom. The molecule has 118 valence electrons. The SMILES string of the molecule is C=C(C)c1cccc(C(C)NC(=O)NCCCC)c1.CC. The Bertz CT molecular complexity index is 441. The fraction of sp³-hybridized carbons (Fsp3) is 0.500. The van der Waals surface area contributed by atoms with Gasteiger partial charge in [0.15, 0.2) is 0 Å². The number of hydrogen-bond donors (Lipinski definition) is 2. The smallest absolute Gasteiger partial charge is 0.315 e. The molecule has 0 aliphatic carbocycles. The van der Waals surface area contributed by atoms with E-state index in [2.05, 4.69) is 30.2 Å². The van der Waals surface area contributed by atoms with Crippen LogP contribution >= 0.6 is 0 Å². The molecule has 1 unspecified atom stereocenters. The summed E-state index contributed by atoms with van der Waals surface area (Å²) < 4.78 is 0. The van der Waals surface area contributed by atoms with Gasteiger partial charge in [-0.1, -0.05) is 57.5 Å². The molecule has 3 nitrogen and oxygen atoms in total. The Morgan fingerprint density at radius 1 is 1.33 bits per heavy atom. The van der Waals surface area contributed by atoms with Gasteiger partial charge in [-0.15, -0.1) is 0 Å². The van der Waals surface area contributed by atoms with E-state index in [-0.39, 0.29) is 12.1 Å². The number of amides is 2. The Labute approximate surface area is 129 Å². The van der Waals surface area contributed by atoms with Crippen molar-refractivity contribution < 1.29 is 4.79 Å². The fourth-order valence-corrected chi connectivity index (χ4v) is 1.78. The number of rotatable bonds is 6. The predicted molar refractivity (Wildman–Crippen MR) is 92.4 cm³/mol. The van der Waals surface area contributed by atoms with Crippen LogP contribution in [-0.2, 0) is 0 Å². The molecule has 3 heteroatoms. The molecule has 0 fully saturated rings. The first kappa shape index (κ1) is 19.2. The normalized spacial score (nSPS) is 10.9. The van der Waals surface area contributed by atoms with Crippen LogP contribution in [0.5, 0.6) is 0 Å². The molecule has 2 N–H and O–H groups in total. The number of benzene rings is 1. The summed E-state index contributed by atoms with van der Waals surface area (Å²) in [5.74, 6) is 0. The van der Waals surface area contributed by atoms with E-state index in [4.69, 9.17) is 0 Å². The number of carbonyl (C=O) groups excluding carboxylic acids is 1. The average Bonchev–Trinajstić information content (AvgIpc) is 2.49. The van der Waals surface area contributed by atoms with Crippen molar-refractivity contribution in [3.8, 4) is 0 Å². The standard InChI is InChI=1S/C16H24N2O.C2H6/c1-5-6-10-17-16(19)18-13(4)15-9-7-8-14(11-15)12(2)3;1-2/h7-9,11,13H,2,5-6,10H2,1,3-4H3,(H2,17,18,19);1-2H3. The lowest BCUT2D eigenvalue weighted by atomic mass is 10.0. The van der Waals surface area contributed by atoms with Crippen molar-refractivity contribution >= 4 is 11.6 Å². The lowest BCUT2D eigenvalue weighted by Gasteiger charge is -2.16. The number of urea groups is 1. The molecule has 0 aliphatic heterocycles. The number of unbranched alkanes of at least 4 members (excludes halogenated alkanes) is 1. The highest BCUT2D eigenvalue weighted by atomic mass is 16.2. The summed E-state index contributed by atoms with van der Waals surface area (Å²) in [7, 11) is 0. The van der Waals surface area contributed by atoms with E-state index in [1.165, 1.54) is 0 Å². The third-order valence-electron chi connectivity index (χ3n) is 3.04. The number of hydrogen-bond acceptors (Lipinski definition) is 1. The molecule has 1 rings (SSSR count). The zero-order valence-electron chi connectivity index (χ0n) is 14.1. The van der Waals surface area contributed by atoms with Gasteiger partial charge in [-0.2, -0.15) is 0 Å². The molecule has 0 radical (unpaired) electrons. The molecule has 0 spiro atoms. The highest BCUT2D eigenvalue weighted by Gasteiger charge is 2.09. The molecule has 1 atom stereocenters. The molecular formula is C18H30N2O. The van der Waals surface area contributed by atoms with Crippen molar-refractivity contribution in [2.24, 2.45) is 0 Å². The van der Waals surface area contributed by atoms with Crippen LogP contribution in [0.25, 0.3) is 5.57 Å². The second-order valence-electron chi connectivity index (χ2n) is 4.88. The summed E-state index contributed by atoms with van der Waals surface area (Å²) in [5, 5.41) is 5.80. The number of allylic oxidation sites excluding steroid dienone is 1. The predicted octanol–water partition coefficient (Wildman–Crippen LogP) is 4.91. The Balaban J connectivity index is 0.00000191. The molecule has 2 amide bonds. The highest BCUT2D eigenvalue weighted by molar-refractivity contribution is 5.74. The van der Waals surface area contributed by atoms with Crippen molar-refractivity contribution in [2.45, 2.75) is 53.5 Å². The van der Waals surface area contributed by atoms with E-state index in [0.717, 1.165) is 36.1 Å². The van der Waals surface area contributed by atoms with E-state index in [0.29, 0.717) is 0 Å². The van der Waals surface area contributed by atoms with Crippen molar-refractivity contribution in [2.75, 3.05) is 6.54 Å². The second-order valence-corrected chi connectivity index (χ2v) is 4.88.